The van der Waals surface area contributed by atoms with Crippen LogP contribution < -0.4 is 10.6 Å². The summed E-state index contributed by atoms with van der Waals surface area (Å²) in [4.78, 5) is 25.5. The second kappa shape index (κ2) is 9.86. The molecule has 2 N–H and O–H groups in total. The lowest BCUT2D eigenvalue weighted by Gasteiger charge is -2.33. The predicted octanol–water partition coefficient (Wildman–Crippen LogP) is 5.76. The highest BCUT2D eigenvalue weighted by molar-refractivity contribution is 8.03. The smallest absolute Gasteiger partial charge is 0.234 e. The zero-order valence-electron chi connectivity index (χ0n) is 18.5. The Balaban J connectivity index is 1.61. The molecule has 5 nitrogen and oxygen atoms in total. The Bertz CT molecular complexity index is 1230. The van der Waals surface area contributed by atoms with Crippen LogP contribution >= 0.6 is 23.4 Å². The fourth-order valence-corrected chi connectivity index (χ4v) is 5.21. The molecule has 0 radical (unpaired) electrons. The molecule has 0 saturated carbocycles. The largest absolute Gasteiger partial charge is 0.352 e. The Morgan fingerprint density at radius 3 is 2.70 bits per heavy atom. The van der Waals surface area contributed by atoms with Gasteiger partial charge in [0.25, 0.3) is 0 Å². The third-order valence-corrected chi connectivity index (χ3v) is 7.15. The molecule has 7 heteroatoms. The van der Waals surface area contributed by atoms with E-state index in [-0.39, 0.29) is 17.4 Å². The summed E-state index contributed by atoms with van der Waals surface area (Å²) in [6.45, 7) is 3.93. The number of carbonyl (C=O) groups is 2. The number of hydrogen-bond acceptors (Lipinski definition) is 5. The van der Waals surface area contributed by atoms with Crippen molar-refractivity contribution in [2.45, 2.75) is 39.0 Å². The summed E-state index contributed by atoms with van der Waals surface area (Å²) in [7, 11) is 0. The van der Waals surface area contributed by atoms with E-state index in [1.54, 1.807) is 12.1 Å². The maximum absolute atomic E-state index is 12.8. The maximum Gasteiger partial charge on any atom is 0.234 e. The molecule has 2 aliphatic rings. The fourth-order valence-electron chi connectivity index (χ4n) is 4.22. The van der Waals surface area contributed by atoms with Gasteiger partial charge in [-0.3, -0.25) is 9.59 Å². The van der Waals surface area contributed by atoms with Crippen LogP contribution in [0.2, 0.25) is 5.02 Å². The maximum atomic E-state index is 12.8. The van der Waals surface area contributed by atoms with Gasteiger partial charge in [0.05, 0.1) is 28.3 Å². The van der Waals surface area contributed by atoms with Crippen LogP contribution in [0.4, 0.5) is 5.69 Å². The molecule has 1 aliphatic heterocycles. The lowest BCUT2D eigenvalue weighted by atomic mass is 9.77. The van der Waals surface area contributed by atoms with E-state index in [1.165, 1.54) is 11.8 Å². The lowest BCUT2D eigenvalue weighted by molar-refractivity contribution is -0.116. The fraction of sp³-hybridized carbons (Fsp3) is 0.269. The number of thioether (sulfide) groups is 1. The second-order valence-electron chi connectivity index (χ2n) is 8.29. The molecular formula is C26H24ClN3O2S. The van der Waals surface area contributed by atoms with E-state index in [0.717, 1.165) is 40.9 Å². The molecule has 0 bridgehead atoms. The number of nitriles is 1. The number of aryl methyl sites for hydroxylation is 2. The van der Waals surface area contributed by atoms with Gasteiger partial charge in [0.15, 0.2) is 5.78 Å². The van der Waals surface area contributed by atoms with Gasteiger partial charge < -0.3 is 10.6 Å². The summed E-state index contributed by atoms with van der Waals surface area (Å²) in [5.74, 6) is -0.401. The number of nitrogens with one attached hydrogen (secondary N) is 2. The zero-order valence-corrected chi connectivity index (χ0v) is 20.1. The summed E-state index contributed by atoms with van der Waals surface area (Å²) < 4.78 is 0. The Morgan fingerprint density at radius 1 is 1.21 bits per heavy atom. The summed E-state index contributed by atoms with van der Waals surface area (Å²) in [5.41, 5.74) is 5.65. The van der Waals surface area contributed by atoms with Crippen LogP contribution in [0.25, 0.3) is 0 Å². The van der Waals surface area contributed by atoms with Crippen molar-refractivity contribution >= 4 is 40.7 Å². The number of benzene rings is 2. The molecule has 4 rings (SSSR count). The van der Waals surface area contributed by atoms with E-state index < -0.39 is 5.92 Å². The quantitative estimate of drug-likeness (QED) is 0.572. The van der Waals surface area contributed by atoms with Crippen LogP contribution in [-0.4, -0.2) is 17.4 Å². The van der Waals surface area contributed by atoms with Gasteiger partial charge in [-0.15, -0.1) is 0 Å². The molecule has 1 heterocycles. The number of rotatable bonds is 5. The van der Waals surface area contributed by atoms with E-state index in [1.807, 2.05) is 44.2 Å². The van der Waals surface area contributed by atoms with Crippen molar-refractivity contribution in [3.63, 3.8) is 0 Å². The first-order valence-electron chi connectivity index (χ1n) is 10.8. The molecule has 1 amide bonds. The first kappa shape index (κ1) is 23.2. The number of Topliss-reactive ketones (excluding diaryl/α,β-unsaturated/α-hetero) is 1. The van der Waals surface area contributed by atoms with E-state index >= 15 is 0 Å². The number of carbonyl (C=O) groups excluding carboxylic acids is 2. The van der Waals surface area contributed by atoms with Gasteiger partial charge in [0.1, 0.15) is 0 Å². The van der Waals surface area contributed by atoms with E-state index in [2.05, 4.69) is 16.7 Å². The van der Waals surface area contributed by atoms with Gasteiger partial charge in [0.2, 0.25) is 5.91 Å². The molecule has 0 unspecified atom stereocenters. The molecule has 0 aromatic heterocycles. The molecule has 2 aromatic rings. The number of nitrogens with zero attached hydrogens (tertiary/aromatic N) is 1. The highest BCUT2D eigenvalue weighted by atomic mass is 35.5. The third kappa shape index (κ3) is 5.00. The van der Waals surface area contributed by atoms with Gasteiger partial charge in [-0.25, -0.2) is 0 Å². The molecule has 2 aromatic carbocycles. The van der Waals surface area contributed by atoms with Gasteiger partial charge >= 0.3 is 0 Å². The Hall–Kier alpha value is -3.01. The van der Waals surface area contributed by atoms with Crippen molar-refractivity contribution in [3.05, 3.63) is 86.0 Å². The molecular weight excluding hydrogens is 454 g/mol. The van der Waals surface area contributed by atoms with Crippen LogP contribution in [0.5, 0.6) is 0 Å². The average Bonchev–Trinajstić information content (AvgIpc) is 2.80. The molecule has 0 fully saturated rings. The minimum Gasteiger partial charge on any atom is -0.352 e. The number of amides is 1. The van der Waals surface area contributed by atoms with Crippen molar-refractivity contribution in [3.8, 4) is 6.07 Å². The number of anilines is 1. The first-order chi connectivity index (χ1) is 15.9. The van der Waals surface area contributed by atoms with Crippen molar-refractivity contribution in [2.75, 3.05) is 11.1 Å². The molecule has 1 atom stereocenters. The summed E-state index contributed by atoms with van der Waals surface area (Å²) in [6.07, 6.45) is 1.98. The summed E-state index contributed by atoms with van der Waals surface area (Å²) >= 11 is 7.36. The van der Waals surface area contributed by atoms with Crippen LogP contribution in [0.15, 0.2) is 64.3 Å². The standard InChI is InChI=1S/C26H24ClN3O2S/c1-15-6-7-16(2)21(12-15)29-23(32)14-33-26-19(13-28)24(17-8-10-18(27)11-9-17)25-20(30-26)4-3-5-22(25)31/h6-12,24,30H,3-5,14H2,1-2H3,(H,29,32)/t24-/m0/s1. The number of halogens is 1. The van der Waals surface area contributed by atoms with Gasteiger partial charge in [-0.1, -0.05) is 47.6 Å². The SMILES string of the molecule is Cc1ccc(C)c(NC(=O)CSC2=C(C#N)[C@H](c3ccc(Cl)cc3)C3=C(CCCC3=O)N2)c1. The Labute approximate surface area is 202 Å². The van der Waals surface area contributed by atoms with Crippen molar-refractivity contribution in [1.82, 2.24) is 5.32 Å². The molecule has 0 spiro atoms. The van der Waals surface area contributed by atoms with Crippen molar-refractivity contribution < 1.29 is 9.59 Å². The summed E-state index contributed by atoms with van der Waals surface area (Å²) in [6, 6.07) is 15.5. The van der Waals surface area contributed by atoms with E-state index in [4.69, 9.17) is 11.6 Å². The molecule has 168 valence electrons. The lowest BCUT2D eigenvalue weighted by Crippen LogP contribution is -2.31. The van der Waals surface area contributed by atoms with Crippen LogP contribution in [0, 0.1) is 25.2 Å². The van der Waals surface area contributed by atoms with Crippen LogP contribution in [0.3, 0.4) is 0 Å². The van der Waals surface area contributed by atoms with Gasteiger partial charge in [-0.2, -0.15) is 5.26 Å². The molecule has 1 aliphatic carbocycles. The monoisotopic (exact) mass is 477 g/mol. The minimum absolute atomic E-state index is 0.0631. The van der Waals surface area contributed by atoms with Gasteiger partial charge in [0, 0.05) is 28.4 Å². The van der Waals surface area contributed by atoms with Crippen LogP contribution in [0.1, 0.15) is 41.9 Å². The Kier molecular flexibility index (Phi) is 6.92. The number of dihydropyridines is 1. The van der Waals surface area contributed by atoms with E-state index in [0.29, 0.717) is 27.6 Å². The molecule has 33 heavy (non-hydrogen) atoms. The number of hydrogen-bond donors (Lipinski definition) is 2. The number of ketones is 1. The van der Waals surface area contributed by atoms with Crippen LogP contribution in [-0.2, 0) is 9.59 Å². The Morgan fingerprint density at radius 2 is 1.97 bits per heavy atom. The predicted molar refractivity (Wildman–Crippen MR) is 133 cm³/mol. The normalized spacial score (nSPS) is 17.9. The topological polar surface area (TPSA) is 82.0 Å². The van der Waals surface area contributed by atoms with Crippen molar-refractivity contribution in [2.24, 2.45) is 0 Å². The highest BCUT2D eigenvalue weighted by Crippen LogP contribution is 2.44. The number of allylic oxidation sites excluding steroid dienone is 3. The highest BCUT2D eigenvalue weighted by Gasteiger charge is 2.37. The average molecular weight is 478 g/mol. The van der Waals surface area contributed by atoms with Crippen molar-refractivity contribution in [1.29, 1.82) is 5.26 Å². The third-order valence-electron chi connectivity index (χ3n) is 5.88. The zero-order chi connectivity index (χ0) is 23.5. The first-order valence-corrected chi connectivity index (χ1v) is 12.2. The van der Waals surface area contributed by atoms with E-state index in [9.17, 15) is 14.9 Å². The van der Waals surface area contributed by atoms with Gasteiger partial charge in [-0.05, 0) is 61.6 Å². The summed E-state index contributed by atoms with van der Waals surface area (Å²) in [5, 5.41) is 17.6. The molecule has 0 saturated heterocycles. The second-order valence-corrected chi connectivity index (χ2v) is 9.71. The minimum atomic E-state index is -0.458.